The first-order valence-electron chi connectivity index (χ1n) is 42.4. The monoisotopic (exact) mass is 1330 g/mol. The van der Waals surface area contributed by atoms with Gasteiger partial charge in [0.15, 0.2) is 0 Å². The zero-order valence-corrected chi connectivity index (χ0v) is 64.6. The molecule has 2 rings (SSSR count). The van der Waals surface area contributed by atoms with Crippen molar-refractivity contribution in [3.63, 3.8) is 0 Å². The van der Waals surface area contributed by atoms with Crippen LogP contribution >= 0.6 is 0 Å². The maximum Gasteiger partial charge on any atom is 0.373 e. The summed E-state index contributed by atoms with van der Waals surface area (Å²) >= 11 is 0. The molecule has 0 radical (unpaired) electrons. The van der Waals surface area contributed by atoms with Crippen molar-refractivity contribution in [1.29, 1.82) is 0 Å². The van der Waals surface area contributed by atoms with Gasteiger partial charge in [0, 0.05) is 37.4 Å². The van der Waals surface area contributed by atoms with E-state index in [1.54, 1.807) is 0 Å². The lowest BCUT2D eigenvalue weighted by atomic mass is 9.80. The molecule has 2 saturated carbocycles. The number of carbonyl (C=O) groups excluding carboxylic acids is 6. The predicted octanol–water partition coefficient (Wildman–Crippen LogP) is 26.9. The SMILES string of the molecule is CCCCCCCCCCCCCCCCC.CCCCCCCCCCCCCCCCC.CCCCCCCCCCCCCCCCCC(=O)C[C@@H]1CCCC[C@@H]1NC(=O)CCCCCCCCCCCCCCCCC.N[C@@H]1CCCC[C@@H]1N.O=C=O.O=C=O. The zero-order valence-electron chi connectivity index (χ0n) is 64.6. The molecule has 0 unspecified atom stereocenters. The molecule has 9 heteroatoms. The number of ketones is 1. The van der Waals surface area contributed by atoms with Crippen LogP contribution in [-0.4, -0.2) is 42.1 Å². The van der Waals surface area contributed by atoms with Gasteiger partial charge >= 0.3 is 12.3 Å². The molecule has 2 fully saturated rings. The number of rotatable bonds is 63. The fraction of sp³-hybridized carbons (Fsp3) is 0.953. The number of Topliss-reactive ketones (excluding diaryl/α,β-unsaturated/α-hetero) is 1. The number of hydrogen-bond acceptors (Lipinski definition) is 8. The van der Waals surface area contributed by atoms with Gasteiger partial charge in [-0.15, -0.1) is 0 Å². The fourth-order valence-electron chi connectivity index (χ4n) is 13.7. The zero-order chi connectivity index (χ0) is 69.8. The summed E-state index contributed by atoms with van der Waals surface area (Å²) in [6, 6.07) is 0.787. The van der Waals surface area contributed by atoms with Gasteiger partial charge in [-0.25, -0.2) is 0 Å². The summed E-state index contributed by atoms with van der Waals surface area (Å²) in [4.78, 5) is 58.0. The van der Waals surface area contributed by atoms with E-state index < -0.39 is 0 Å². The summed E-state index contributed by atoms with van der Waals surface area (Å²) < 4.78 is 0. The van der Waals surface area contributed by atoms with Crippen molar-refractivity contribution < 1.29 is 28.8 Å². The van der Waals surface area contributed by atoms with Crippen molar-refractivity contribution in [3.05, 3.63) is 0 Å². The van der Waals surface area contributed by atoms with E-state index in [-0.39, 0.29) is 36.3 Å². The summed E-state index contributed by atoms with van der Waals surface area (Å²) in [5.41, 5.74) is 11.3. The van der Waals surface area contributed by atoms with Crippen molar-refractivity contribution >= 4 is 24.0 Å². The van der Waals surface area contributed by atoms with Gasteiger partial charge in [-0.2, -0.15) is 19.2 Å². The number of hydrogen-bond donors (Lipinski definition) is 3. The molecule has 0 spiro atoms. The second-order valence-electron chi connectivity index (χ2n) is 29.3. The molecule has 4 atom stereocenters. The van der Waals surface area contributed by atoms with Crippen molar-refractivity contribution in [3.8, 4) is 0 Å². The van der Waals surface area contributed by atoms with Crippen molar-refractivity contribution in [2.75, 3.05) is 0 Å². The van der Waals surface area contributed by atoms with E-state index in [2.05, 4.69) is 46.9 Å². The number of nitrogens with two attached hydrogens (primary N) is 2. The van der Waals surface area contributed by atoms with Crippen LogP contribution in [-0.2, 0) is 28.8 Å². The minimum absolute atomic E-state index is 0.224. The van der Waals surface area contributed by atoms with E-state index in [4.69, 9.17) is 30.6 Å². The normalized spacial score (nSPS) is 15.6. The van der Waals surface area contributed by atoms with Gasteiger partial charge in [-0.05, 0) is 44.4 Å². The van der Waals surface area contributed by atoms with Gasteiger partial charge in [0.25, 0.3) is 0 Å². The quantitative estimate of drug-likeness (QED) is 0.0506. The smallest absolute Gasteiger partial charge is 0.353 e. The Balaban J connectivity index is -0.000000680. The topological polar surface area (TPSA) is 166 Å². The van der Waals surface area contributed by atoms with Gasteiger partial charge < -0.3 is 16.8 Å². The summed E-state index contributed by atoms with van der Waals surface area (Å²) in [5.74, 6) is 1.02. The maximum absolute atomic E-state index is 12.8. The minimum Gasteiger partial charge on any atom is -0.353 e. The van der Waals surface area contributed by atoms with Crippen LogP contribution < -0.4 is 16.8 Å². The lowest BCUT2D eigenvalue weighted by Gasteiger charge is -2.32. The van der Waals surface area contributed by atoms with Crippen LogP contribution in [0.1, 0.15) is 497 Å². The van der Waals surface area contributed by atoms with Crippen LogP contribution in [0.4, 0.5) is 0 Å². The average Bonchev–Trinajstić information content (AvgIpc) is 1.43. The number of unbranched alkanes of at least 4 members (excludes halogenated alkanes) is 56. The van der Waals surface area contributed by atoms with Crippen molar-refractivity contribution in [2.24, 2.45) is 17.4 Å². The summed E-state index contributed by atoms with van der Waals surface area (Å²) in [5, 5.41) is 3.35. The second kappa shape index (κ2) is 90.8. The van der Waals surface area contributed by atoms with E-state index in [9.17, 15) is 9.59 Å². The summed E-state index contributed by atoms with van der Waals surface area (Å²) in [6.07, 6.45) is 96.4. The molecular formula is C85H169N3O6. The van der Waals surface area contributed by atoms with Gasteiger partial charge in [-0.1, -0.05) is 440 Å². The second-order valence-corrected chi connectivity index (χ2v) is 29.3. The standard InChI is InChI=1S/C43H83NO2.2C17H36.C6H14N2.2CO2/c1-3-5-7-9-11-13-15-17-19-21-23-25-27-29-31-36-41(45)39-40-35-33-34-37-42(40)44-43(46)38-32-30-28-26-24-22-20-18-16-14-12-10-8-6-4-2;2*1-3-5-7-9-11-13-15-17-16-14-12-10-8-6-4-2;7-5-3-1-2-4-6(5)8;2*2-1-3/h40,42H,3-39H2,1-2H3,(H,44,46);2*3-17H2,1-2H3;5-6H,1-4,7-8H2;;/t40-,42-;;;5-,6+;;/m0...../s1. The van der Waals surface area contributed by atoms with E-state index >= 15 is 0 Å². The van der Waals surface area contributed by atoms with Crippen LogP contribution in [0.5, 0.6) is 0 Å². The Morgan fingerprint density at radius 2 is 0.457 bits per heavy atom. The largest absolute Gasteiger partial charge is 0.373 e. The molecular weight excluding hydrogens is 1160 g/mol. The van der Waals surface area contributed by atoms with Crippen molar-refractivity contribution in [2.45, 2.75) is 516 Å². The van der Waals surface area contributed by atoms with Crippen LogP contribution in [0, 0.1) is 5.92 Å². The lowest BCUT2D eigenvalue weighted by molar-refractivity contribution is -0.193. The minimum atomic E-state index is 0.224. The molecule has 9 nitrogen and oxygen atoms in total. The lowest BCUT2D eigenvalue weighted by Crippen LogP contribution is -2.43. The van der Waals surface area contributed by atoms with E-state index in [1.807, 2.05) is 0 Å². The first kappa shape index (κ1) is 98.2. The Kier molecular flexibility index (Phi) is 94.9. The van der Waals surface area contributed by atoms with Crippen LogP contribution in [0.2, 0.25) is 0 Å². The number of amides is 1. The average molecular weight is 1330 g/mol. The molecule has 0 bridgehead atoms. The molecule has 2 aliphatic carbocycles. The van der Waals surface area contributed by atoms with Gasteiger partial charge in [0.2, 0.25) is 5.91 Å². The van der Waals surface area contributed by atoms with Gasteiger partial charge in [0.05, 0.1) is 0 Å². The molecule has 0 aliphatic heterocycles. The third kappa shape index (κ3) is 87.8. The molecule has 560 valence electrons. The van der Waals surface area contributed by atoms with E-state index in [0.717, 1.165) is 44.9 Å². The molecule has 0 aromatic carbocycles. The highest BCUT2D eigenvalue weighted by Gasteiger charge is 2.28. The first-order chi connectivity index (χ1) is 46.1. The molecule has 0 aromatic rings. The molecule has 0 saturated heterocycles. The van der Waals surface area contributed by atoms with E-state index in [0.29, 0.717) is 24.5 Å². The molecule has 0 heterocycles. The molecule has 1 amide bonds. The third-order valence-corrected chi connectivity index (χ3v) is 20.1. The fourth-order valence-corrected chi connectivity index (χ4v) is 13.7. The Bertz CT molecular complexity index is 1350. The third-order valence-electron chi connectivity index (χ3n) is 20.1. The van der Waals surface area contributed by atoms with Crippen molar-refractivity contribution in [1.82, 2.24) is 5.32 Å². The molecule has 94 heavy (non-hydrogen) atoms. The summed E-state index contributed by atoms with van der Waals surface area (Å²) in [7, 11) is 0. The van der Waals surface area contributed by atoms with Crippen LogP contribution in [0.3, 0.4) is 0 Å². The predicted molar refractivity (Wildman–Crippen MR) is 408 cm³/mol. The maximum atomic E-state index is 12.8. The molecule has 2 aliphatic rings. The number of nitrogens with one attached hydrogen (secondary N) is 1. The number of carbonyl (C=O) groups is 2. The first-order valence-corrected chi connectivity index (χ1v) is 42.4. The van der Waals surface area contributed by atoms with E-state index in [1.165, 1.54) is 398 Å². The molecule has 0 aromatic heterocycles. The highest BCUT2D eigenvalue weighted by molar-refractivity contribution is 5.79. The highest BCUT2D eigenvalue weighted by atomic mass is 16.2. The van der Waals surface area contributed by atoms with Gasteiger partial charge in [-0.3, -0.25) is 9.59 Å². The Hall–Kier alpha value is -2.18. The van der Waals surface area contributed by atoms with Crippen LogP contribution in [0.25, 0.3) is 0 Å². The Labute approximate surface area is 588 Å². The highest BCUT2D eigenvalue weighted by Crippen LogP contribution is 2.29. The van der Waals surface area contributed by atoms with Crippen LogP contribution in [0.15, 0.2) is 0 Å². The van der Waals surface area contributed by atoms with Gasteiger partial charge in [0.1, 0.15) is 5.78 Å². The molecule has 5 N–H and O–H groups in total. The summed E-state index contributed by atoms with van der Waals surface area (Å²) in [6.45, 7) is 13.7. The Morgan fingerprint density at radius 3 is 0.670 bits per heavy atom. The Morgan fingerprint density at radius 1 is 0.277 bits per heavy atom.